The maximum atomic E-state index is 10.4. The Morgan fingerprint density at radius 2 is 1.86 bits per heavy atom. The molecule has 2 aromatic carbocycles. The lowest BCUT2D eigenvalue weighted by Gasteiger charge is -2.20. The average molecular weight is 394 g/mol. The van der Waals surface area contributed by atoms with Crippen molar-refractivity contribution in [3.8, 4) is 17.6 Å². The molecule has 3 nitrogen and oxygen atoms in total. The van der Waals surface area contributed by atoms with E-state index in [1.165, 1.54) is 20.7 Å². The molecular weight excluding hydrogens is 366 g/mol. The molecule has 0 unspecified atom stereocenters. The first-order chi connectivity index (χ1) is 13.6. The second-order valence-electron chi connectivity index (χ2n) is 7.04. The van der Waals surface area contributed by atoms with Crippen LogP contribution in [0, 0.1) is 11.3 Å². The van der Waals surface area contributed by atoms with E-state index in [0.29, 0.717) is 23.8 Å². The van der Waals surface area contributed by atoms with Crippen LogP contribution in [-0.4, -0.2) is 11.7 Å². The SMILES string of the molecule is CCOc1cc(CCc2cc3cc(C#N)ccc3s2)c(C(CC)CC)cc1O. The zero-order valence-corrected chi connectivity index (χ0v) is 17.6. The maximum Gasteiger partial charge on any atom is 0.161 e. The van der Waals surface area contributed by atoms with Crippen molar-refractivity contribution in [2.24, 2.45) is 0 Å². The molecule has 0 bridgehead atoms. The second-order valence-corrected chi connectivity index (χ2v) is 8.21. The van der Waals surface area contributed by atoms with Gasteiger partial charge in [0.15, 0.2) is 11.5 Å². The molecule has 0 aliphatic rings. The minimum absolute atomic E-state index is 0.235. The fourth-order valence-electron chi connectivity index (χ4n) is 3.77. The van der Waals surface area contributed by atoms with Gasteiger partial charge in [0.05, 0.1) is 18.2 Å². The summed E-state index contributed by atoms with van der Waals surface area (Å²) in [6.07, 6.45) is 3.95. The number of nitrogens with zero attached hydrogens (tertiary/aromatic N) is 1. The Labute approximate surface area is 171 Å². The molecule has 0 aliphatic carbocycles. The van der Waals surface area contributed by atoms with Crippen LogP contribution in [0.25, 0.3) is 10.1 Å². The topological polar surface area (TPSA) is 53.2 Å². The van der Waals surface area contributed by atoms with Gasteiger partial charge in [-0.25, -0.2) is 0 Å². The highest BCUT2D eigenvalue weighted by Gasteiger charge is 2.17. The van der Waals surface area contributed by atoms with Crippen molar-refractivity contribution < 1.29 is 9.84 Å². The van der Waals surface area contributed by atoms with Gasteiger partial charge in [0.2, 0.25) is 0 Å². The molecule has 1 aromatic heterocycles. The third-order valence-corrected chi connectivity index (χ3v) is 6.46. The van der Waals surface area contributed by atoms with E-state index in [4.69, 9.17) is 10.00 Å². The molecule has 3 aromatic rings. The smallest absolute Gasteiger partial charge is 0.161 e. The van der Waals surface area contributed by atoms with E-state index in [1.807, 2.05) is 37.3 Å². The third-order valence-electron chi connectivity index (χ3n) is 5.28. The molecule has 0 atom stereocenters. The highest BCUT2D eigenvalue weighted by Crippen LogP contribution is 2.37. The molecule has 0 aliphatic heterocycles. The molecule has 1 N–H and O–H groups in total. The van der Waals surface area contributed by atoms with E-state index in [9.17, 15) is 5.11 Å². The van der Waals surface area contributed by atoms with Gasteiger partial charge in [-0.05, 0) is 91.4 Å². The third kappa shape index (κ3) is 4.31. The summed E-state index contributed by atoms with van der Waals surface area (Å²) in [7, 11) is 0. The van der Waals surface area contributed by atoms with Gasteiger partial charge < -0.3 is 9.84 Å². The van der Waals surface area contributed by atoms with Crippen molar-refractivity contribution in [3.05, 3.63) is 58.0 Å². The molecule has 0 spiro atoms. The van der Waals surface area contributed by atoms with Crippen LogP contribution in [0.15, 0.2) is 36.4 Å². The van der Waals surface area contributed by atoms with Crippen molar-refractivity contribution in [1.82, 2.24) is 0 Å². The summed E-state index contributed by atoms with van der Waals surface area (Å²) in [4.78, 5) is 1.31. The molecule has 0 saturated heterocycles. The summed E-state index contributed by atoms with van der Waals surface area (Å²) in [5.41, 5.74) is 3.19. The molecule has 146 valence electrons. The number of aryl methyl sites for hydroxylation is 2. The van der Waals surface area contributed by atoms with Crippen LogP contribution >= 0.6 is 11.3 Å². The first kappa shape index (κ1) is 20.2. The lowest BCUT2D eigenvalue weighted by molar-refractivity contribution is 0.317. The number of aromatic hydroxyl groups is 1. The molecule has 0 radical (unpaired) electrons. The monoisotopic (exact) mass is 393 g/mol. The Hall–Kier alpha value is -2.51. The van der Waals surface area contributed by atoms with Crippen molar-refractivity contribution in [2.45, 2.75) is 52.4 Å². The molecule has 1 heterocycles. The van der Waals surface area contributed by atoms with Crippen molar-refractivity contribution in [2.75, 3.05) is 6.61 Å². The first-order valence-electron chi connectivity index (χ1n) is 10.0. The number of rotatable bonds is 8. The minimum Gasteiger partial charge on any atom is -0.504 e. The fraction of sp³-hybridized carbons (Fsp3) is 0.375. The summed E-state index contributed by atoms with van der Waals surface area (Å²) >= 11 is 1.79. The van der Waals surface area contributed by atoms with Crippen LogP contribution in [0.3, 0.4) is 0 Å². The predicted octanol–water partition coefficient (Wildman–Crippen LogP) is 6.57. The van der Waals surface area contributed by atoms with E-state index < -0.39 is 0 Å². The quantitative estimate of drug-likeness (QED) is 0.471. The number of phenolic OH excluding ortho intramolecular Hbond substituents is 1. The highest BCUT2D eigenvalue weighted by atomic mass is 32.1. The Morgan fingerprint density at radius 1 is 1.07 bits per heavy atom. The van der Waals surface area contributed by atoms with Gasteiger partial charge >= 0.3 is 0 Å². The summed E-state index contributed by atoms with van der Waals surface area (Å²) in [5.74, 6) is 1.25. The Bertz CT molecular complexity index is 996. The summed E-state index contributed by atoms with van der Waals surface area (Å²) in [5, 5.41) is 20.6. The predicted molar refractivity (Wildman–Crippen MR) is 117 cm³/mol. The molecule has 0 saturated carbocycles. The van der Waals surface area contributed by atoms with E-state index in [1.54, 1.807) is 11.3 Å². The molecule has 4 heteroatoms. The zero-order valence-electron chi connectivity index (χ0n) is 16.8. The van der Waals surface area contributed by atoms with Gasteiger partial charge in [0.1, 0.15) is 0 Å². The Balaban J connectivity index is 1.89. The number of phenols is 1. The first-order valence-corrected chi connectivity index (χ1v) is 10.8. The molecule has 0 fully saturated rings. The standard InChI is InChI=1S/C24H27NO2S/c1-4-17(5-2)21-14-22(26)23(27-6-3)13-18(21)8-9-20-12-19-11-16(15-25)7-10-24(19)28-20/h7,10-14,17,26H,4-6,8-9H2,1-3H3. The van der Waals surface area contributed by atoms with Crippen LogP contribution in [0.4, 0.5) is 0 Å². The van der Waals surface area contributed by atoms with Gasteiger partial charge in [0, 0.05) is 9.58 Å². The van der Waals surface area contributed by atoms with Gasteiger partial charge in [-0.3, -0.25) is 0 Å². The number of fused-ring (bicyclic) bond motifs is 1. The highest BCUT2D eigenvalue weighted by molar-refractivity contribution is 7.19. The van der Waals surface area contributed by atoms with E-state index >= 15 is 0 Å². The summed E-state index contributed by atoms with van der Waals surface area (Å²) in [6, 6.07) is 14.2. The van der Waals surface area contributed by atoms with Gasteiger partial charge in [-0.1, -0.05) is 13.8 Å². The number of hydrogen-bond donors (Lipinski definition) is 1. The normalized spacial score (nSPS) is 11.1. The fourth-order valence-corrected chi connectivity index (χ4v) is 4.82. The van der Waals surface area contributed by atoms with E-state index in [2.05, 4.69) is 26.0 Å². The molecular formula is C24H27NO2S. The van der Waals surface area contributed by atoms with Gasteiger partial charge in [-0.15, -0.1) is 11.3 Å². The van der Waals surface area contributed by atoms with Crippen LogP contribution in [0.1, 0.15) is 61.1 Å². The number of benzene rings is 2. The van der Waals surface area contributed by atoms with Crippen LogP contribution < -0.4 is 4.74 Å². The molecule has 28 heavy (non-hydrogen) atoms. The van der Waals surface area contributed by atoms with E-state index in [-0.39, 0.29) is 5.75 Å². The number of ether oxygens (including phenoxy) is 1. The molecule has 0 amide bonds. The Morgan fingerprint density at radius 3 is 2.54 bits per heavy atom. The van der Waals surface area contributed by atoms with Gasteiger partial charge in [-0.2, -0.15) is 5.26 Å². The van der Waals surface area contributed by atoms with Crippen LogP contribution in [0.2, 0.25) is 0 Å². The summed E-state index contributed by atoms with van der Waals surface area (Å²) < 4.78 is 6.84. The van der Waals surface area contributed by atoms with Crippen LogP contribution in [0.5, 0.6) is 11.5 Å². The number of hydrogen-bond acceptors (Lipinski definition) is 4. The summed E-state index contributed by atoms with van der Waals surface area (Å²) in [6.45, 7) is 6.87. The number of nitriles is 1. The van der Waals surface area contributed by atoms with Crippen molar-refractivity contribution in [3.63, 3.8) is 0 Å². The largest absolute Gasteiger partial charge is 0.504 e. The zero-order chi connectivity index (χ0) is 20.1. The van der Waals surface area contributed by atoms with Crippen molar-refractivity contribution >= 4 is 21.4 Å². The Kier molecular flexibility index (Phi) is 6.59. The average Bonchev–Trinajstić information content (AvgIpc) is 3.11. The lowest BCUT2D eigenvalue weighted by atomic mass is 9.88. The van der Waals surface area contributed by atoms with E-state index in [0.717, 1.165) is 31.1 Å². The maximum absolute atomic E-state index is 10.4. The second kappa shape index (κ2) is 9.12. The van der Waals surface area contributed by atoms with Crippen molar-refractivity contribution in [1.29, 1.82) is 5.26 Å². The molecule has 3 rings (SSSR count). The van der Waals surface area contributed by atoms with Gasteiger partial charge in [0.25, 0.3) is 0 Å². The minimum atomic E-state index is 0.235. The van der Waals surface area contributed by atoms with Crippen LogP contribution in [-0.2, 0) is 12.8 Å². The lowest BCUT2D eigenvalue weighted by Crippen LogP contribution is -2.04. The number of thiophene rings is 1.